The summed E-state index contributed by atoms with van der Waals surface area (Å²) in [5.74, 6) is -1.10. The van der Waals surface area contributed by atoms with Gasteiger partial charge in [-0.25, -0.2) is 8.42 Å². The standard InChI is InChI=1S/C14H19NO5S/c1-10(14(17)20-3)9-15(2)13(16)11-5-7-12(8-6-11)21(4,18)19/h5-8,10H,9H2,1-4H3. The SMILES string of the molecule is COC(=O)C(C)CN(C)C(=O)c1ccc(S(C)(=O)=O)cc1. The van der Waals surface area contributed by atoms with Gasteiger partial charge in [-0.2, -0.15) is 0 Å². The number of methoxy groups -OCH3 is 1. The van der Waals surface area contributed by atoms with E-state index in [-0.39, 0.29) is 23.3 Å². The molecule has 0 saturated carbocycles. The first-order chi connectivity index (χ1) is 9.66. The molecule has 0 fully saturated rings. The van der Waals surface area contributed by atoms with Crippen LogP contribution < -0.4 is 0 Å². The number of esters is 1. The lowest BCUT2D eigenvalue weighted by Gasteiger charge is -2.20. The van der Waals surface area contributed by atoms with Crippen LogP contribution in [0.5, 0.6) is 0 Å². The molecule has 1 aromatic rings. The highest BCUT2D eigenvalue weighted by Crippen LogP contribution is 2.12. The molecule has 0 saturated heterocycles. The van der Waals surface area contributed by atoms with E-state index in [9.17, 15) is 18.0 Å². The Kier molecular flexibility index (Phi) is 5.48. The van der Waals surface area contributed by atoms with Crippen LogP contribution in [0.4, 0.5) is 0 Å². The zero-order valence-corrected chi connectivity index (χ0v) is 13.3. The van der Waals surface area contributed by atoms with Crippen molar-refractivity contribution in [1.82, 2.24) is 4.90 Å². The van der Waals surface area contributed by atoms with Gasteiger partial charge >= 0.3 is 5.97 Å². The number of rotatable bonds is 5. The molecule has 0 radical (unpaired) electrons. The maximum Gasteiger partial charge on any atom is 0.310 e. The van der Waals surface area contributed by atoms with Crippen molar-refractivity contribution in [3.05, 3.63) is 29.8 Å². The van der Waals surface area contributed by atoms with E-state index in [1.807, 2.05) is 0 Å². The summed E-state index contributed by atoms with van der Waals surface area (Å²) in [4.78, 5) is 25.1. The van der Waals surface area contributed by atoms with Crippen molar-refractivity contribution in [2.45, 2.75) is 11.8 Å². The van der Waals surface area contributed by atoms with E-state index >= 15 is 0 Å². The minimum absolute atomic E-state index is 0.157. The van der Waals surface area contributed by atoms with Crippen LogP contribution in [0.2, 0.25) is 0 Å². The van der Waals surface area contributed by atoms with E-state index in [0.29, 0.717) is 5.56 Å². The van der Waals surface area contributed by atoms with E-state index in [0.717, 1.165) is 6.26 Å². The number of sulfone groups is 1. The van der Waals surface area contributed by atoms with E-state index in [2.05, 4.69) is 4.74 Å². The van der Waals surface area contributed by atoms with Gasteiger partial charge in [0.1, 0.15) is 0 Å². The maximum atomic E-state index is 12.2. The molecule has 0 aliphatic heterocycles. The number of hydrogen-bond donors (Lipinski definition) is 0. The summed E-state index contributed by atoms with van der Waals surface area (Å²) < 4.78 is 27.3. The van der Waals surface area contributed by atoms with Gasteiger partial charge in [0, 0.05) is 25.4 Å². The molecule has 1 amide bonds. The molecule has 1 aromatic carbocycles. The third-order valence-corrected chi connectivity index (χ3v) is 4.16. The third-order valence-electron chi connectivity index (χ3n) is 3.03. The van der Waals surface area contributed by atoms with Gasteiger partial charge in [0.2, 0.25) is 0 Å². The minimum atomic E-state index is -3.29. The molecule has 1 rings (SSSR count). The van der Waals surface area contributed by atoms with Gasteiger partial charge in [-0.3, -0.25) is 9.59 Å². The summed E-state index contributed by atoms with van der Waals surface area (Å²) in [6.45, 7) is 1.89. The number of carbonyl (C=O) groups excluding carboxylic acids is 2. The van der Waals surface area contributed by atoms with Gasteiger partial charge < -0.3 is 9.64 Å². The zero-order chi connectivity index (χ0) is 16.2. The van der Waals surface area contributed by atoms with E-state index in [1.165, 1.54) is 36.3 Å². The summed E-state index contributed by atoms with van der Waals surface area (Å²) in [7, 11) is -0.413. The number of amides is 1. The van der Waals surface area contributed by atoms with E-state index in [4.69, 9.17) is 0 Å². The van der Waals surface area contributed by atoms with Gasteiger partial charge in [0.05, 0.1) is 17.9 Å². The molecule has 0 heterocycles. The molecule has 0 aliphatic carbocycles. The van der Waals surface area contributed by atoms with Crippen molar-refractivity contribution < 1.29 is 22.7 Å². The van der Waals surface area contributed by atoms with Crippen LogP contribution in [0.3, 0.4) is 0 Å². The highest BCUT2D eigenvalue weighted by Gasteiger charge is 2.20. The van der Waals surface area contributed by atoms with Gasteiger partial charge in [0.25, 0.3) is 5.91 Å². The second kappa shape index (κ2) is 6.71. The number of nitrogens with zero attached hydrogens (tertiary/aromatic N) is 1. The Balaban J connectivity index is 2.82. The molecule has 0 bridgehead atoms. The third kappa shape index (κ3) is 4.56. The van der Waals surface area contributed by atoms with Crippen LogP contribution in [0.25, 0.3) is 0 Å². The summed E-state index contributed by atoms with van der Waals surface area (Å²) in [6.07, 6.45) is 1.11. The fraction of sp³-hybridized carbons (Fsp3) is 0.429. The number of carbonyl (C=O) groups is 2. The first-order valence-electron chi connectivity index (χ1n) is 6.30. The minimum Gasteiger partial charge on any atom is -0.469 e. The summed E-state index contributed by atoms with van der Waals surface area (Å²) >= 11 is 0. The molecule has 7 heteroatoms. The monoisotopic (exact) mass is 313 g/mol. The Morgan fingerprint density at radius 2 is 1.76 bits per heavy atom. The highest BCUT2D eigenvalue weighted by molar-refractivity contribution is 7.90. The van der Waals surface area contributed by atoms with Crippen LogP contribution in [0.1, 0.15) is 17.3 Å². The van der Waals surface area contributed by atoms with Gasteiger partial charge in [-0.15, -0.1) is 0 Å². The van der Waals surface area contributed by atoms with Crippen molar-refractivity contribution in [1.29, 1.82) is 0 Å². The average Bonchev–Trinajstić information content (AvgIpc) is 2.44. The second-order valence-corrected chi connectivity index (χ2v) is 6.92. The Hall–Kier alpha value is -1.89. The first-order valence-corrected chi connectivity index (χ1v) is 8.19. The molecular weight excluding hydrogens is 294 g/mol. The Labute approximate surface area is 124 Å². The molecule has 21 heavy (non-hydrogen) atoms. The van der Waals surface area contributed by atoms with E-state index in [1.54, 1.807) is 14.0 Å². The molecule has 6 nitrogen and oxygen atoms in total. The molecule has 116 valence electrons. The summed E-state index contributed by atoms with van der Waals surface area (Å²) in [5.41, 5.74) is 0.363. The normalized spacial score (nSPS) is 12.6. The quantitative estimate of drug-likeness (QED) is 0.757. The van der Waals surface area contributed by atoms with Crippen LogP contribution in [-0.2, 0) is 19.4 Å². The number of ether oxygens (including phenoxy) is 1. The smallest absolute Gasteiger partial charge is 0.310 e. The van der Waals surface area contributed by atoms with E-state index < -0.39 is 15.8 Å². The lowest BCUT2D eigenvalue weighted by Crippen LogP contribution is -2.34. The van der Waals surface area contributed by atoms with Gasteiger partial charge in [-0.05, 0) is 24.3 Å². The molecular formula is C14H19NO5S. The lowest BCUT2D eigenvalue weighted by molar-refractivity contribution is -0.145. The van der Waals surface area contributed by atoms with Gasteiger partial charge in [-0.1, -0.05) is 6.92 Å². The molecule has 0 spiro atoms. The largest absolute Gasteiger partial charge is 0.469 e. The lowest BCUT2D eigenvalue weighted by atomic mass is 10.1. The predicted octanol–water partition coefficient (Wildman–Crippen LogP) is 0.971. The van der Waals surface area contributed by atoms with Crippen LogP contribution in [0.15, 0.2) is 29.2 Å². The maximum absolute atomic E-state index is 12.2. The Morgan fingerprint density at radius 1 is 1.24 bits per heavy atom. The summed E-state index contributed by atoms with van der Waals surface area (Å²) in [5, 5.41) is 0. The van der Waals surface area contributed by atoms with Crippen LogP contribution >= 0.6 is 0 Å². The van der Waals surface area contributed by atoms with Crippen molar-refractivity contribution in [2.24, 2.45) is 5.92 Å². The second-order valence-electron chi connectivity index (χ2n) is 4.91. The Morgan fingerprint density at radius 3 is 2.19 bits per heavy atom. The number of benzene rings is 1. The fourth-order valence-electron chi connectivity index (χ4n) is 1.83. The molecule has 0 aromatic heterocycles. The number of hydrogen-bond acceptors (Lipinski definition) is 5. The highest BCUT2D eigenvalue weighted by atomic mass is 32.2. The first kappa shape index (κ1) is 17.2. The fourth-order valence-corrected chi connectivity index (χ4v) is 2.46. The Bertz CT molecular complexity index is 621. The topological polar surface area (TPSA) is 80.8 Å². The molecule has 1 atom stereocenters. The molecule has 1 unspecified atom stereocenters. The van der Waals surface area contributed by atoms with Crippen LogP contribution in [-0.4, -0.2) is 52.2 Å². The van der Waals surface area contributed by atoms with Crippen molar-refractivity contribution >= 4 is 21.7 Å². The predicted molar refractivity (Wildman–Crippen MR) is 77.7 cm³/mol. The van der Waals surface area contributed by atoms with Crippen molar-refractivity contribution in [2.75, 3.05) is 27.0 Å². The van der Waals surface area contributed by atoms with Crippen LogP contribution in [0, 0.1) is 5.92 Å². The average molecular weight is 313 g/mol. The molecule has 0 N–H and O–H groups in total. The van der Waals surface area contributed by atoms with Gasteiger partial charge in [0.15, 0.2) is 9.84 Å². The zero-order valence-electron chi connectivity index (χ0n) is 12.5. The molecule has 0 aliphatic rings. The van der Waals surface area contributed by atoms with Crippen molar-refractivity contribution in [3.8, 4) is 0 Å². The van der Waals surface area contributed by atoms with Crippen molar-refractivity contribution in [3.63, 3.8) is 0 Å². The summed E-state index contributed by atoms with van der Waals surface area (Å²) in [6, 6.07) is 5.69.